The minimum absolute atomic E-state index is 0.118. The predicted molar refractivity (Wildman–Crippen MR) is 102 cm³/mol. The summed E-state index contributed by atoms with van der Waals surface area (Å²) in [6.07, 6.45) is 1.45. The highest BCUT2D eigenvalue weighted by Crippen LogP contribution is 2.24. The zero-order valence-corrected chi connectivity index (χ0v) is 15.4. The van der Waals surface area contributed by atoms with Gasteiger partial charge in [0.25, 0.3) is 5.91 Å². The number of nitrogens with zero attached hydrogens (tertiary/aromatic N) is 1. The Balaban J connectivity index is 1.54. The van der Waals surface area contributed by atoms with E-state index < -0.39 is 11.9 Å². The summed E-state index contributed by atoms with van der Waals surface area (Å²) >= 11 is 0. The second-order valence-electron chi connectivity index (χ2n) is 6.98. The molecule has 1 aliphatic rings. The minimum Gasteiger partial charge on any atom is -0.481 e. The lowest BCUT2D eigenvalue weighted by Crippen LogP contribution is -2.49. The molecular formula is C21H24N2O4. The summed E-state index contributed by atoms with van der Waals surface area (Å²) < 4.78 is 0. The largest absolute Gasteiger partial charge is 0.481 e. The topological polar surface area (TPSA) is 86.7 Å². The summed E-state index contributed by atoms with van der Waals surface area (Å²) in [6, 6.07) is 13.0. The number of likely N-dealkylation sites (tertiary alicyclic amines) is 1. The molecule has 2 atom stereocenters. The van der Waals surface area contributed by atoms with Crippen LogP contribution in [0.3, 0.4) is 0 Å². The third kappa shape index (κ3) is 4.27. The van der Waals surface area contributed by atoms with E-state index in [2.05, 4.69) is 5.32 Å². The SMILES string of the molecule is C[C@@H]1[C@H](C(=O)O)CCCN1C(=O)CCNC(=O)c1ccc2ccccc2c1. The number of hydrogen-bond acceptors (Lipinski definition) is 3. The molecule has 0 bridgehead atoms. The fraction of sp³-hybridized carbons (Fsp3) is 0.381. The number of benzene rings is 2. The third-order valence-electron chi connectivity index (χ3n) is 5.26. The van der Waals surface area contributed by atoms with Crippen LogP contribution in [-0.4, -0.2) is 46.9 Å². The van der Waals surface area contributed by atoms with E-state index in [9.17, 15) is 19.5 Å². The van der Waals surface area contributed by atoms with Gasteiger partial charge in [-0.15, -0.1) is 0 Å². The van der Waals surface area contributed by atoms with Crippen LogP contribution in [0.25, 0.3) is 10.8 Å². The molecule has 2 aromatic rings. The molecule has 0 spiro atoms. The van der Waals surface area contributed by atoms with Gasteiger partial charge in [-0.25, -0.2) is 0 Å². The summed E-state index contributed by atoms with van der Waals surface area (Å²) in [6.45, 7) is 2.58. The number of carbonyl (C=O) groups excluding carboxylic acids is 2. The Kier molecular flexibility index (Phi) is 5.74. The van der Waals surface area contributed by atoms with Crippen LogP contribution < -0.4 is 5.32 Å². The number of carboxylic acids is 1. The number of carbonyl (C=O) groups is 3. The molecule has 2 amide bonds. The molecule has 0 saturated carbocycles. The molecule has 142 valence electrons. The molecule has 1 fully saturated rings. The molecule has 0 radical (unpaired) electrons. The summed E-state index contributed by atoms with van der Waals surface area (Å²) in [5.41, 5.74) is 0.554. The van der Waals surface area contributed by atoms with Crippen LogP contribution in [0.4, 0.5) is 0 Å². The van der Waals surface area contributed by atoms with Crippen LogP contribution in [0.2, 0.25) is 0 Å². The van der Waals surface area contributed by atoms with Crippen LogP contribution in [0.15, 0.2) is 42.5 Å². The highest BCUT2D eigenvalue weighted by molar-refractivity contribution is 5.98. The number of carboxylic acid groups (broad SMARTS) is 1. The normalized spacial score (nSPS) is 19.7. The maximum Gasteiger partial charge on any atom is 0.308 e. The zero-order chi connectivity index (χ0) is 19.4. The van der Waals surface area contributed by atoms with E-state index in [0.29, 0.717) is 24.9 Å². The van der Waals surface area contributed by atoms with Crippen molar-refractivity contribution in [1.29, 1.82) is 0 Å². The van der Waals surface area contributed by atoms with E-state index >= 15 is 0 Å². The highest BCUT2D eigenvalue weighted by Gasteiger charge is 2.34. The monoisotopic (exact) mass is 368 g/mol. The predicted octanol–water partition coefficient (Wildman–Crippen LogP) is 2.67. The smallest absolute Gasteiger partial charge is 0.308 e. The van der Waals surface area contributed by atoms with Crippen LogP contribution in [0.1, 0.15) is 36.5 Å². The van der Waals surface area contributed by atoms with E-state index in [1.54, 1.807) is 17.9 Å². The number of aliphatic carboxylic acids is 1. The molecule has 6 nitrogen and oxygen atoms in total. The lowest BCUT2D eigenvalue weighted by Gasteiger charge is -2.37. The number of hydrogen-bond donors (Lipinski definition) is 2. The molecule has 6 heteroatoms. The van der Waals surface area contributed by atoms with Gasteiger partial charge in [0.2, 0.25) is 5.91 Å². The molecule has 0 unspecified atom stereocenters. The Morgan fingerprint density at radius 2 is 1.89 bits per heavy atom. The Labute approximate surface area is 158 Å². The van der Waals surface area contributed by atoms with Gasteiger partial charge in [0, 0.05) is 31.1 Å². The van der Waals surface area contributed by atoms with Gasteiger partial charge in [0.15, 0.2) is 0 Å². The minimum atomic E-state index is -0.857. The Bertz CT molecular complexity index is 864. The number of fused-ring (bicyclic) bond motifs is 1. The third-order valence-corrected chi connectivity index (χ3v) is 5.26. The Morgan fingerprint density at radius 3 is 2.63 bits per heavy atom. The summed E-state index contributed by atoms with van der Waals surface area (Å²) in [5, 5.41) is 14.1. The highest BCUT2D eigenvalue weighted by atomic mass is 16.4. The van der Waals surface area contributed by atoms with Gasteiger partial charge >= 0.3 is 5.97 Å². The standard InChI is InChI=1S/C21H24N2O4/c1-14-18(21(26)27)7-4-12-23(14)19(24)10-11-22-20(25)17-9-8-15-5-2-3-6-16(15)13-17/h2-3,5-6,8-9,13-14,18H,4,7,10-12H2,1H3,(H,22,25)(H,26,27)/t14-,18-/m1/s1. The van der Waals surface area contributed by atoms with E-state index in [0.717, 1.165) is 10.8 Å². The van der Waals surface area contributed by atoms with Gasteiger partial charge in [0.05, 0.1) is 5.92 Å². The summed E-state index contributed by atoms with van der Waals surface area (Å²) in [4.78, 5) is 37.7. The van der Waals surface area contributed by atoms with Crippen molar-refractivity contribution in [3.8, 4) is 0 Å². The van der Waals surface area contributed by atoms with Gasteiger partial charge in [-0.3, -0.25) is 14.4 Å². The second kappa shape index (κ2) is 8.20. The molecule has 3 rings (SSSR count). The van der Waals surface area contributed by atoms with E-state index in [-0.39, 0.29) is 30.8 Å². The number of rotatable bonds is 5. The van der Waals surface area contributed by atoms with Gasteiger partial charge in [-0.05, 0) is 42.7 Å². The van der Waals surface area contributed by atoms with Crippen molar-refractivity contribution in [2.24, 2.45) is 5.92 Å². The summed E-state index contributed by atoms with van der Waals surface area (Å²) in [5.74, 6) is -1.71. The second-order valence-corrected chi connectivity index (χ2v) is 6.98. The maximum absolute atomic E-state index is 12.5. The van der Waals surface area contributed by atoms with Crippen molar-refractivity contribution >= 4 is 28.6 Å². The fourth-order valence-electron chi connectivity index (χ4n) is 3.68. The molecule has 1 saturated heterocycles. The van der Waals surface area contributed by atoms with Crippen LogP contribution in [0.5, 0.6) is 0 Å². The lowest BCUT2D eigenvalue weighted by molar-refractivity contribution is -0.149. The number of piperidine rings is 1. The zero-order valence-electron chi connectivity index (χ0n) is 15.4. The first kappa shape index (κ1) is 18.9. The molecule has 2 N–H and O–H groups in total. The number of nitrogens with one attached hydrogen (secondary N) is 1. The summed E-state index contributed by atoms with van der Waals surface area (Å²) in [7, 11) is 0. The Hall–Kier alpha value is -2.89. The molecule has 1 heterocycles. The molecule has 1 aliphatic heterocycles. The average Bonchev–Trinajstić information content (AvgIpc) is 2.67. The van der Waals surface area contributed by atoms with Gasteiger partial charge < -0.3 is 15.3 Å². The van der Waals surface area contributed by atoms with Crippen molar-refractivity contribution in [1.82, 2.24) is 10.2 Å². The maximum atomic E-state index is 12.5. The van der Waals surface area contributed by atoms with E-state index in [1.807, 2.05) is 36.4 Å². The van der Waals surface area contributed by atoms with E-state index in [4.69, 9.17) is 0 Å². The quantitative estimate of drug-likeness (QED) is 0.849. The van der Waals surface area contributed by atoms with Crippen molar-refractivity contribution in [2.45, 2.75) is 32.2 Å². The Morgan fingerprint density at radius 1 is 1.15 bits per heavy atom. The fourth-order valence-corrected chi connectivity index (χ4v) is 3.68. The van der Waals surface area contributed by atoms with Gasteiger partial charge in [0.1, 0.15) is 0 Å². The molecule has 27 heavy (non-hydrogen) atoms. The van der Waals surface area contributed by atoms with Crippen molar-refractivity contribution in [3.05, 3.63) is 48.0 Å². The molecule has 2 aromatic carbocycles. The van der Waals surface area contributed by atoms with Crippen LogP contribution in [0, 0.1) is 5.92 Å². The average molecular weight is 368 g/mol. The first-order chi connectivity index (χ1) is 13.0. The lowest BCUT2D eigenvalue weighted by atomic mass is 9.90. The molecule has 0 aromatic heterocycles. The molecular weight excluding hydrogens is 344 g/mol. The van der Waals surface area contributed by atoms with Crippen molar-refractivity contribution in [3.63, 3.8) is 0 Å². The number of amides is 2. The van der Waals surface area contributed by atoms with Crippen LogP contribution in [-0.2, 0) is 9.59 Å². The molecule has 0 aliphatic carbocycles. The van der Waals surface area contributed by atoms with Crippen molar-refractivity contribution in [2.75, 3.05) is 13.1 Å². The van der Waals surface area contributed by atoms with Crippen LogP contribution >= 0.6 is 0 Å². The van der Waals surface area contributed by atoms with Crippen molar-refractivity contribution < 1.29 is 19.5 Å². The first-order valence-corrected chi connectivity index (χ1v) is 9.26. The van der Waals surface area contributed by atoms with Gasteiger partial charge in [-0.2, -0.15) is 0 Å². The van der Waals surface area contributed by atoms with Gasteiger partial charge in [-0.1, -0.05) is 30.3 Å². The van der Waals surface area contributed by atoms with E-state index in [1.165, 1.54) is 0 Å². The first-order valence-electron chi connectivity index (χ1n) is 9.26.